The van der Waals surface area contributed by atoms with Crippen molar-refractivity contribution in [3.05, 3.63) is 11.9 Å². The fourth-order valence-electron chi connectivity index (χ4n) is 2.56. The average Bonchev–Trinajstić information content (AvgIpc) is 2.40. The van der Waals surface area contributed by atoms with Gasteiger partial charge in [-0.1, -0.05) is 13.8 Å². The topological polar surface area (TPSA) is 82.3 Å². The highest BCUT2D eigenvalue weighted by Gasteiger charge is 2.48. The van der Waals surface area contributed by atoms with Gasteiger partial charge in [0.25, 0.3) is 0 Å². The van der Waals surface area contributed by atoms with Crippen LogP contribution in [-0.4, -0.2) is 35.8 Å². The second-order valence-electron chi connectivity index (χ2n) is 5.71. The molecule has 6 heteroatoms. The van der Waals surface area contributed by atoms with Crippen LogP contribution in [0.5, 0.6) is 0 Å². The molecule has 0 spiro atoms. The molecule has 1 fully saturated rings. The quantitative estimate of drug-likeness (QED) is 0.827. The van der Waals surface area contributed by atoms with E-state index in [1.54, 1.807) is 13.2 Å². The van der Waals surface area contributed by atoms with Crippen LogP contribution in [0.3, 0.4) is 0 Å². The van der Waals surface area contributed by atoms with Gasteiger partial charge in [0.1, 0.15) is 18.2 Å². The fourth-order valence-corrected chi connectivity index (χ4v) is 2.56. The van der Waals surface area contributed by atoms with Crippen molar-refractivity contribution in [3.8, 4) is 0 Å². The van der Waals surface area contributed by atoms with Gasteiger partial charge in [0.15, 0.2) is 5.82 Å². The summed E-state index contributed by atoms with van der Waals surface area (Å²) in [6.45, 7) is 7.33. The molecule has 2 rings (SSSR count). The molecule has 1 aromatic heterocycles. The Bertz CT molecular complexity index is 464. The van der Waals surface area contributed by atoms with Crippen LogP contribution in [0, 0.1) is 5.41 Å². The number of nitrogens with two attached hydrogens (primary N) is 1. The molecule has 3 N–H and O–H groups in total. The van der Waals surface area contributed by atoms with Crippen LogP contribution in [-0.2, 0) is 16.1 Å². The number of nitrogens with one attached hydrogen (secondary N) is 1. The minimum atomic E-state index is 0.0779. The lowest BCUT2D eigenvalue weighted by atomic mass is 9.64. The Morgan fingerprint density at radius 3 is 2.80 bits per heavy atom. The van der Waals surface area contributed by atoms with Crippen molar-refractivity contribution in [2.45, 2.75) is 45.9 Å². The smallest absolute Gasteiger partial charge is 0.158 e. The minimum Gasteiger partial charge on any atom is -0.384 e. The monoisotopic (exact) mass is 280 g/mol. The van der Waals surface area contributed by atoms with E-state index in [1.165, 1.54) is 0 Å². The number of aromatic nitrogens is 2. The van der Waals surface area contributed by atoms with Gasteiger partial charge >= 0.3 is 0 Å². The first-order valence-corrected chi connectivity index (χ1v) is 6.97. The lowest BCUT2D eigenvalue weighted by Gasteiger charge is -2.51. The number of ether oxygens (including phenoxy) is 2. The molecule has 0 bridgehead atoms. The van der Waals surface area contributed by atoms with E-state index in [4.69, 9.17) is 15.2 Å². The largest absolute Gasteiger partial charge is 0.384 e. The van der Waals surface area contributed by atoms with Crippen molar-refractivity contribution in [1.29, 1.82) is 0 Å². The van der Waals surface area contributed by atoms with E-state index in [9.17, 15) is 0 Å². The number of nitrogen functional groups attached to an aromatic ring is 1. The van der Waals surface area contributed by atoms with E-state index in [-0.39, 0.29) is 11.5 Å². The van der Waals surface area contributed by atoms with Crippen LogP contribution in [0.15, 0.2) is 6.07 Å². The Labute approximate surface area is 120 Å². The van der Waals surface area contributed by atoms with Crippen molar-refractivity contribution in [2.75, 3.05) is 24.8 Å². The molecule has 1 saturated carbocycles. The molecule has 112 valence electrons. The maximum atomic E-state index is 5.82. The molecule has 1 heterocycles. The molecule has 6 nitrogen and oxygen atoms in total. The van der Waals surface area contributed by atoms with E-state index in [1.807, 2.05) is 6.92 Å². The standard InChI is InChI=1S/C14H24N4O2/c1-5-20-8-13-17-11(15)7-12(18-13)16-9-6-10(19-4)14(9,2)3/h7,9-10H,5-6,8H2,1-4H3,(H3,15,16,17,18). The summed E-state index contributed by atoms with van der Waals surface area (Å²) in [7, 11) is 1.76. The number of anilines is 2. The van der Waals surface area contributed by atoms with E-state index in [0.717, 1.165) is 12.2 Å². The molecule has 2 unspecified atom stereocenters. The second kappa shape index (κ2) is 5.93. The first-order valence-electron chi connectivity index (χ1n) is 6.97. The molecular formula is C14H24N4O2. The van der Waals surface area contributed by atoms with Crippen LogP contribution in [0.1, 0.15) is 33.0 Å². The number of nitrogens with zero attached hydrogens (tertiary/aromatic N) is 2. The average molecular weight is 280 g/mol. The Kier molecular flexibility index (Phi) is 4.45. The Balaban J connectivity index is 2.05. The lowest BCUT2D eigenvalue weighted by Crippen LogP contribution is -2.57. The summed E-state index contributed by atoms with van der Waals surface area (Å²) in [4.78, 5) is 8.61. The minimum absolute atomic E-state index is 0.0779. The van der Waals surface area contributed by atoms with Gasteiger partial charge in [-0.05, 0) is 13.3 Å². The molecule has 0 saturated heterocycles. The molecule has 0 aromatic carbocycles. The molecule has 1 aliphatic rings. The molecule has 0 amide bonds. The van der Waals surface area contributed by atoms with Gasteiger partial charge in [-0.3, -0.25) is 0 Å². The maximum Gasteiger partial charge on any atom is 0.158 e. The molecule has 2 atom stereocenters. The first kappa shape index (κ1) is 15.0. The summed E-state index contributed by atoms with van der Waals surface area (Å²) < 4.78 is 10.8. The van der Waals surface area contributed by atoms with Gasteiger partial charge in [0.05, 0.1) is 6.10 Å². The van der Waals surface area contributed by atoms with Gasteiger partial charge in [0.2, 0.25) is 0 Å². The van der Waals surface area contributed by atoms with Gasteiger partial charge in [-0.25, -0.2) is 9.97 Å². The molecule has 0 radical (unpaired) electrons. The summed E-state index contributed by atoms with van der Waals surface area (Å²) in [5.41, 5.74) is 5.89. The zero-order valence-electron chi connectivity index (χ0n) is 12.6. The second-order valence-corrected chi connectivity index (χ2v) is 5.71. The summed E-state index contributed by atoms with van der Waals surface area (Å²) in [6, 6.07) is 2.08. The Morgan fingerprint density at radius 1 is 1.45 bits per heavy atom. The van der Waals surface area contributed by atoms with Crippen LogP contribution >= 0.6 is 0 Å². The van der Waals surface area contributed by atoms with Gasteiger partial charge in [0, 0.05) is 31.2 Å². The van der Waals surface area contributed by atoms with Crippen LogP contribution in [0.2, 0.25) is 0 Å². The Morgan fingerprint density at radius 2 is 2.20 bits per heavy atom. The van der Waals surface area contributed by atoms with Crippen LogP contribution in [0.4, 0.5) is 11.6 Å². The zero-order valence-corrected chi connectivity index (χ0v) is 12.6. The van der Waals surface area contributed by atoms with E-state index < -0.39 is 0 Å². The van der Waals surface area contributed by atoms with Crippen molar-refractivity contribution < 1.29 is 9.47 Å². The molecule has 20 heavy (non-hydrogen) atoms. The third-order valence-electron chi connectivity index (χ3n) is 4.01. The van der Waals surface area contributed by atoms with Gasteiger partial charge in [-0.15, -0.1) is 0 Å². The third-order valence-corrected chi connectivity index (χ3v) is 4.01. The lowest BCUT2D eigenvalue weighted by molar-refractivity contribution is -0.0795. The zero-order chi connectivity index (χ0) is 14.8. The number of hydrogen-bond acceptors (Lipinski definition) is 6. The highest BCUT2D eigenvalue weighted by molar-refractivity contribution is 5.46. The maximum absolute atomic E-state index is 5.82. The van der Waals surface area contributed by atoms with Crippen molar-refractivity contribution in [3.63, 3.8) is 0 Å². The number of rotatable bonds is 6. The van der Waals surface area contributed by atoms with E-state index in [2.05, 4.69) is 29.1 Å². The van der Waals surface area contributed by atoms with Gasteiger partial charge < -0.3 is 20.5 Å². The van der Waals surface area contributed by atoms with Crippen molar-refractivity contribution >= 4 is 11.6 Å². The van der Waals surface area contributed by atoms with Crippen molar-refractivity contribution in [2.24, 2.45) is 5.41 Å². The molecule has 1 aromatic rings. The highest BCUT2D eigenvalue weighted by atomic mass is 16.5. The molecule has 1 aliphatic carbocycles. The van der Waals surface area contributed by atoms with E-state index in [0.29, 0.717) is 30.9 Å². The Hall–Kier alpha value is -1.40. The predicted molar refractivity (Wildman–Crippen MR) is 78.4 cm³/mol. The fraction of sp³-hybridized carbons (Fsp3) is 0.714. The summed E-state index contributed by atoms with van der Waals surface area (Å²) >= 11 is 0. The highest BCUT2D eigenvalue weighted by Crippen LogP contribution is 2.43. The normalized spacial score (nSPS) is 24.2. The number of hydrogen-bond donors (Lipinski definition) is 2. The van der Waals surface area contributed by atoms with Crippen LogP contribution in [0.25, 0.3) is 0 Å². The first-order chi connectivity index (χ1) is 9.47. The molecular weight excluding hydrogens is 256 g/mol. The van der Waals surface area contributed by atoms with E-state index >= 15 is 0 Å². The predicted octanol–water partition coefficient (Wildman–Crippen LogP) is 1.82. The summed E-state index contributed by atoms with van der Waals surface area (Å²) in [6.07, 6.45) is 1.25. The summed E-state index contributed by atoms with van der Waals surface area (Å²) in [5, 5.41) is 3.42. The van der Waals surface area contributed by atoms with Crippen molar-refractivity contribution in [1.82, 2.24) is 9.97 Å². The SMILES string of the molecule is CCOCc1nc(N)cc(NC2CC(OC)C2(C)C)n1. The summed E-state index contributed by atoms with van der Waals surface area (Å²) in [5.74, 6) is 1.81. The molecule has 0 aliphatic heterocycles. The van der Waals surface area contributed by atoms with Crippen LogP contribution < -0.4 is 11.1 Å². The van der Waals surface area contributed by atoms with Gasteiger partial charge in [-0.2, -0.15) is 0 Å². The third kappa shape index (κ3) is 3.02. The number of methoxy groups -OCH3 is 1.